The predicted molar refractivity (Wildman–Crippen MR) is 120 cm³/mol. The zero-order valence-corrected chi connectivity index (χ0v) is 19.1. The number of aromatic nitrogens is 2. The van der Waals surface area contributed by atoms with Gasteiger partial charge in [0.1, 0.15) is 22.4 Å². The number of anilines is 1. The zero-order valence-electron chi connectivity index (χ0n) is 17.5. The van der Waals surface area contributed by atoms with Gasteiger partial charge in [0.25, 0.3) is 5.56 Å². The van der Waals surface area contributed by atoms with Crippen molar-refractivity contribution in [2.75, 3.05) is 25.6 Å². The van der Waals surface area contributed by atoms with Crippen molar-refractivity contribution >= 4 is 50.7 Å². The summed E-state index contributed by atoms with van der Waals surface area (Å²) in [7, 11) is 1.51. The average Bonchev–Trinajstić information content (AvgIpc) is 3.08. The van der Waals surface area contributed by atoms with Crippen LogP contribution in [0.15, 0.2) is 29.3 Å². The molecule has 0 aliphatic rings. The molecule has 0 fully saturated rings. The van der Waals surface area contributed by atoms with Gasteiger partial charge in [0, 0.05) is 17.8 Å². The Morgan fingerprint density at radius 2 is 2.00 bits per heavy atom. The number of methoxy groups -OCH3 is 1. The van der Waals surface area contributed by atoms with Crippen LogP contribution in [0, 0.1) is 13.8 Å². The Morgan fingerprint density at radius 1 is 1.26 bits per heavy atom. The number of carbonyl (C=O) groups excluding carboxylic acids is 2. The van der Waals surface area contributed by atoms with Crippen LogP contribution in [0.4, 0.5) is 5.69 Å². The summed E-state index contributed by atoms with van der Waals surface area (Å²) in [5.41, 5.74) is 1.38. The Bertz CT molecular complexity index is 1200. The van der Waals surface area contributed by atoms with E-state index in [1.165, 1.54) is 18.0 Å². The maximum atomic E-state index is 13.1. The molecule has 2 heterocycles. The first-order chi connectivity index (χ1) is 14.8. The smallest absolute Gasteiger partial charge is 0.348 e. The van der Waals surface area contributed by atoms with E-state index in [1.54, 1.807) is 39.0 Å². The molecule has 0 saturated heterocycles. The van der Waals surface area contributed by atoms with Crippen LogP contribution in [0.2, 0.25) is 5.02 Å². The fourth-order valence-corrected chi connectivity index (χ4v) is 4.21. The second kappa shape index (κ2) is 9.59. The number of ether oxygens (including phenoxy) is 2. The molecule has 31 heavy (non-hydrogen) atoms. The topological polar surface area (TPSA) is 99.5 Å². The van der Waals surface area contributed by atoms with Crippen LogP contribution in [-0.2, 0) is 14.3 Å². The molecule has 0 saturated carbocycles. The quantitative estimate of drug-likeness (QED) is 0.423. The van der Waals surface area contributed by atoms with Crippen LogP contribution in [0.25, 0.3) is 10.2 Å². The highest BCUT2D eigenvalue weighted by Crippen LogP contribution is 2.28. The molecule has 2 aromatic heterocycles. The maximum absolute atomic E-state index is 13.1. The highest BCUT2D eigenvalue weighted by atomic mass is 35.5. The zero-order chi connectivity index (χ0) is 22.7. The van der Waals surface area contributed by atoms with Gasteiger partial charge in [-0.05, 0) is 44.0 Å². The number of nitrogens with one attached hydrogen (secondary N) is 1. The van der Waals surface area contributed by atoms with E-state index in [4.69, 9.17) is 21.1 Å². The summed E-state index contributed by atoms with van der Waals surface area (Å²) < 4.78 is 11.3. The molecule has 8 nitrogen and oxygen atoms in total. The molecule has 3 aromatic rings. The van der Waals surface area contributed by atoms with Crippen molar-refractivity contribution in [1.29, 1.82) is 0 Å². The molecular formula is C21H22ClN3O5S. The summed E-state index contributed by atoms with van der Waals surface area (Å²) in [6.07, 6.45) is 1.32. The molecule has 0 radical (unpaired) electrons. The van der Waals surface area contributed by atoms with Crippen molar-refractivity contribution in [2.45, 2.75) is 26.8 Å². The lowest BCUT2D eigenvalue weighted by Gasteiger charge is -2.16. The van der Waals surface area contributed by atoms with E-state index in [0.717, 1.165) is 16.9 Å². The van der Waals surface area contributed by atoms with Crippen molar-refractivity contribution in [2.24, 2.45) is 0 Å². The fourth-order valence-electron chi connectivity index (χ4n) is 3.00. The second-order valence-electron chi connectivity index (χ2n) is 6.90. The number of nitrogens with zero attached hydrogens (tertiary/aromatic N) is 2. The van der Waals surface area contributed by atoms with Gasteiger partial charge in [-0.25, -0.2) is 9.78 Å². The van der Waals surface area contributed by atoms with Gasteiger partial charge >= 0.3 is 5.97 Å². The number of thiophene rings is 1. The molecule has 1 aromatic carbocycles. The molecule has 1 atom stereocenters. The maximum Gasteiger partial charge on any atom is 0.348 e. The molecule has 3 rings (SSSR count). The molecule has 10 heteroatoms. The van der Waals surface area contributed by atoms with Crippen molar-refractivity contribution in [3.8, 4) is 0 Å². The summed E-state index contributed by atoms with van der Waals surface area (Å²) in [5, 5.41) is 3.63. The first-order valence-corrected chi connectivity index (χ1v) is 10.7. The van der Waals surface area contributed by atoms with Crippen LogP contribution < -0.4 is 10.9 Å². The molecule has 0 aliphatic carbocycles. The minimum Gasteiger partial charge on any atom is -0.459 e. The molecule has 1 unspecified atom stereocenters. The number of carbonyl (C=O) groups is 2. The van der Waals surface area contributed by atoms with Gasteiger partial charge in [0.2, 0.25) is 5.91 Å². The number of rotatable bonds is 7. The molecule has 164 valence electrons. The number of esters is 1. The van der Waals surface area contributed by atoms with Gasteiger partial charge in [-0.15, -0.1) is 11.3 Å². The SMILES string of the molecule is COCCOC(=O)c1sc2ncn(C(C)C(=O)Nc3cccc(Cl)c3C)c(=O)c2c1C. The van der Waals surface area contributed by atoms with Crippen LogP contribution in [0.5, 0.6) is 0 Å². The van der Waals surface area contributed by atoms with E-state index in [9.17, 15) is 14.4 Å². The summed E-state index contributed by atoms with van der Waals surface area (Å²) in [5.74, 6) is -0.925. The number of fused-ring (bicyclic) bond motifs is 1. The molecule has 0 aliphatic heterocycles. The fraction of sp³-hybridized carbons (Fsp3) is 0.333. The van der Waals surface area contributed by atoms with E-state index >= 15 is 0 Å². The van der Waals surface area contributed by atoms with Crippen LogP contribution >= 0.6 is 22.9 Å². The highest BCUT2D eigenvalue weighted by molar-refractivity contribution is 7.20. The highest BCUT2D eigenvalue weighted by Gasteiger charge is 2.24. The Kier molecular flexibility index (Phi) is 7.09. The Balaban J connectivity index is 1.90. The second-order valence-corrected chi connectivity index (χ2v) is 8.31. The van der Waals surface area contributed by atoms with Gasteiger partial charge in [-0.1, -0.05) is 17.7 Å². The van der Waals surface area contributed by atoms with E-state index in [2.05, 4.69) is 10.3 Å². The molecular weight excluding hydrogens is 442 g/mol. The Morgan fingerprint density at radius 3 is 2.71 bits per heavy atom. The lowest BCUT2D eigenvalue weighted by molar-refractivity contribution is -0.118. The number of hydrogen-bond acceptors (Lipinski definition) is 7. The first kappa shape index (κ1) is 22.9. The Hall–Kier alpha value is -2.75. The lowest BCUT2D eigenvalue weighted by Crippen LogP contribution is -2.32. The average molecular weight is 464 g/mol. The number of aryl methyl sites for hydroxylation is 1. The monoisotopic (exact) mass is 463 g/mol. The number of benzene rings is 1. The third-order valence-electron chi connectivity index (χ3n) is 4.90. The third kappa shape index (κ3) is 4.63. The summed E-state index contributed by atoms with van der Waals surface area (Å²) >= 11 is 7.19. The van der Waals surface area contributed by atoms with E-state index in [0.29, 0.717) is 31.4 Å². The summed E-state index contributed by atoms with van der Waals surface area (Å²) in [6.45, 7) is 5.45. The van der Waals surface area contributed by atoms with Gasteiger partial charge in [-0.3, -0.25) is 14.2 Å². The van der Waals surface area contributed by atoms with Crippen LogP contribution in [0.3, 0.4) is 0 Å². The standard InChI is InChI=1S/C21H22ClN3O5S/c1-11-14(22)6-5-7-15(11)24-18(26)13(3)25-10-23-19-16(20(25)27)12(2)17(31-19)21(28)30-9-8-29-4/h5-7,10,13H,8-9H2,1-4H3,(H,24,26). The third-order valence-corrected chi connectivity index (χ3v) is 6.49. The normalized spacial score (nSPS) is 12.0. The molecule has 1 N–H and O–H groups in total. The van der Waals surface area contributed by atoms with E-state index in [-0.39, 0.29) is 19.1 Å². The number of hydrogen-bond donors (Lipinski definition) is 1. The van der Waals surface area contributed by atoms with Crippen LogP contribution in [0.1, 0.15) is 33.8 Å². The minimum absolute atomic E-state index is 0.112. The van der Waals surface area contributed by atoms with Gasteiger partial charge < -0.3 is 14.8 Å². The minimum atomic E-state index is -0.834. The van der Waals surface area contributed by atoms with Crippen molar-refractivity contribution in [3.05, 3.63) is 55.9 Å². The number of amides is 1. The summed E-state index contributed by atoms with van der Waals surface area (Å²) in [6, 6.07) is 4.37. The van der Waals surface area contributed by atoms with Crippen molar-refractivity contribution in [1.82, 2.24) is 9.55 Å². The van der Waals surface area contributed by atoms with Crippen LogP contribution in [-0.4, -0.2) is 41.8 Å². The first-order valence-electron chi connectivity index (χ1n) is 9.48. The number of halogens is 1. The van der Waals surface area contributed by atoms with Gasteiger partial charge in [0.15, 0.2) is 0 Å². The lowest BCUT2D eigenvalue weighted by atomic mass is 10.2. The van der Waals surface area contributed by atoms with E-state index < -0.39 is 17.6 Å². The molecule has 0 bridgehead atoms. The predicted octanol–water partition coefficient (Wildman–Crippen LogP) is 3.73. The van der Waals surface area contributed by atoms with Crippen molar-refractivity contribution in [3.63, 3.8) is 0 Å². The largest absolute Gasteiger partial charge is 0.459 e. The van der Waals surface area contributed by atoms with Gasteiger partial charge in [0.05, 0.1) is 18.3 Å². The van der Waals surface area contributed by atoms with E-state index in [1.807, 2.05) is 0 Å². The Labute approximate surface area is 187 Å². The van der Waals surface area contributed by atoms with Gasteiger partial charge in [-0.2, -0.15) is 0 Å². The van der Waals surface area contributed by atoms with Crippen molar-refractivity contribution < 1.29 is 19.1 Å². The molecule has 1 amide bonds. The summed E-state index contributed by atoms with van der Waals surface area (Å²) in [4.78, 5) is 43.2. The molecule has 0 spiro atoms.